The van der Waals surface area contributed by atoms with Gasteiger partial charge in [0.25, 0.3) is 0 Å². The van der Waals surface area contributed by atoms with Gasteiger partial charge in [-0.1, -0.05) is 69.6 Å². The van der Waals surface area contributed by atoms with E-state index in [2.05, 4.69) is 20.4 Å². The standard InChI is InChI=1S/C10H8Cl6N4/c11-9(12,13)7-3-5(17-19-7)1-2-6-4-8(20-18-6)10(14,15)16/h3-4H,1-2H2,(H,17,19)(H,18,20). The van der Waals surface area contributed by atoms with E-state index in [1.54, 1.807) is 12.1 Å². The fraction of sp³-hybridized carbons (Fsp3) is 0.400. The number of aromatic nitrogens is 4. The Morgan fingerprint density at radius 1 is 0.750 bits per heavy atom. The third kappa shape index (κ3) is 4.33. The average molecular weight is 397 g/mol. The van der Waals surface area contributed by atoms with Gasteiger partial charge in [-0.05, 0) is 25.0 Å². The lowest BCUT2D eigenvalue weighted by Gasteiger charge is -2.04. The second kappa shape index (κ2) is 6.11. The summed E-state index contributed by atoms with van der Waals surface area (Å²) in [5.41, 5.74) is 2.36. The molecule has 20 heavy (non-hydrogen) atoms. The first-order valence-electron chi connectivity index (χ1n) is 5.39. The van der Waals surface area contributed by atoms with Crippen LogP contribution in [-0.2, 0) is 20.4 Å². The monoisotopic (exact) mass is 394 g/mol. The molecule has 0 fully saturated rings. The van der Waals surface area contributed by atoms with E-state index in [1.807, 2.05) is 0 Å². The van der Waals surface area contributed by atoms with Gasteiger partial charge >= 0.3 is 0 Å². The van der Waals surface area contributed by atoms with Gasteiger partial charge in [-0.2, -0.15) is 10.2 Å². The first-order chi connectivity index (χ1) is 9.16. The lowest BCUT2D eigenvalue weighted by Crippen LogP contribution is -1.99. The van der Waals surface area contributed by atoms with Crippen molar-refractivity contribution in [2.75, 3.05) is 0 Å². The molecule has 0 aliphatic carbocycles. The highest BCUT2D eigenvalue weighted by atomic mass is 35.6. The van der Waals surface area contributed by atoms with Crippen LogP contribution in [0, 0.1) is 0 Å². The summed E-state index contributed by atoms with van der Waals surface area (Å²) in [6.45, 7) is 0. The van der Waals surface area contributed by atoms with Crippen LogP contribution in [0.25, 0.3) is 0 Å². The molecule has 10 heteroatoms. The molecule has 0 aliphatic heterocycles. The van der Waals surface area contributed by atoms with Gasteiger partial charge in [-0.3, -0.25) is 10.2 Å². The predicted octanol–water partition coefficient (Wildman–Crippen LogP) is 4.57. The van der Waals surface area contributed by atoms with Crippen LogP contribution in [0.4, 0.5) is 0 Å². The maximum absolute atomic E-state index is 5.73. The van der Waals surface area contributed by atoms with Gasteiger partial charge in [0, 0.05) is 11.4 Å². The Kier molecular flexibility index (Phi) is 5.05. The van der Waals surface area contributed by atoms with Crippen LogP contribution >= 0.6 is 69.6 Å². The van der Waals surface area contributed by atoms with E-state index in [-0.39, 0.29) is 0 Å². The number of nitrogens with one attached hydrogen (secondary N) is 2. The Morgan fingerprint density at radius 3 is 1.35 bits per heavy atom. The predicted molar refractivity (Wildman–Crippen MR) is 83.1 cm³/mol. The molecule has 2 aromatic heterocycles. The van der Waals surface area contributed by atoms with E-state index < -0.39 is 7.59 Å². The Balaban J connectivity index is 1.99. The Labute approximate surface area is 145 Å². The van der Waals surface area contributed by atoms with E-state index in [0.717, 1.165) is 11.4 Å². The molecule has 0 atom stereocenters. The Morgan fingerprint density at radius 2 is 1.10 bits per heavy atom. The third-order valence-electron chi connectivity index (χ3n) is 2.51. The summed E-state index contributed by atoms with van der Waals surface area (Å²) in [4.78, 5) is 0. The zero-order valence-electron chi connectivity index (χ0n) is 9.73. The van der Waals surface area contributed by atoms with Gasteiger partial charge in [0.05, 0.1) is 0 Å². The third-order valence-corrected chi connectivity index (χ3v) is 3.67. The van der Waals surface area contributed by atoms with Gasteiger partial charge in [0.15, 0.2) is 0 Å². The molecule has 0 unspecified atom stereocenters. The molecular formula is C10H8Cl6N4. The molecule has 4 nitrogen and oxygen atoms in total. The molecule has 2 rings (SSSR count). The number of nitrogens with zero attached hydrogens (tertiary/aromatic N) is 2. The molecule has 0 aliphatic rings. The fourth-order valence-corrected chi connectivity index (χ4v) is 2.12. The van der Waals surface area contributed by atoms with Gasteiger partial charge in [-0.25, -0.2) is 0 Å². The van der Waals surface area contributed by atoms with Gasteiger partial charge in [0.2, 0.25) is 7.59 Å². The number of aryl methyl sites for hydroxylation is 2. The number of alkyl halides is 6. The van der Waals surface area contributed by atoms with Crippen molar-refractivity contribution in [3.8, 4) is 0 Å². The number of rotatable bonds is 3. The summed E-state index contributed by atoms with van der Waals surface area (Å²) in [7, 11) is 0. The molecule has 0 bridgehead atoms. The number of aromatic amines is 2. The Hall–Kier alpha value is 0.160. The summed E-state index contributed by atoms with van der Waals surface area (Å²) in [5, 5.41) is 13.5. The molecule has 0 saturated heterocycles. The molecule has 0 radical (unpaired) electrons. The minimum atomic E-state index is -1.54. The molecular weight excluding hydrogens is 389 g/mol. The molecule has 2 heterocycles. The fourth-order valence-electron chi connectivity index (χ4n) is 1.54. The molecule has 0 saturated carbocycles. The highest BCUT2D eigenvalue weighted by Crippen LogP contribution is 2.38. The lowest BCUT2D eigenvalue weighted by molar-refractivity contribution is 0.850. The number of H-pyrrole nitrogens is 2. The molecule has 2 aromatic rings. The van der Waals surface area contributed by atoms with E-state index in [4.69, 9.17) is 69.6 Å². The van der Waals surface area contributed by atoms with Crippen LogP contribution in [0.5, 0.6) is 0 Å². The average Bonchev–Trinajstić information content (AvgIpc) is 2.94. The van der Waals surface area contributed by atoms with Crippen LogP contribution in [0.15, 0.2) is 12.1 Å². The number of hydrogen-bond acceptors (Lipinski definition) is 2. The topological polar surface area (TPSA) is 57.4 Å². The van der Waals surface area contributed by atoms with Crippen LogP contribution < -0.4 is 0 Å². The quantitative estimate of drug-likeness (QED) is 0.746. The maximum Gasteiger partial charge on any atom is 0.234 e. The zero-order valence-corrected chi connectivity index (χ0v) is 14.3. The van der Waals surface area contributed by atoms with Crippen LogP contribution in [-0.4, -0.2) is 20.4 Å². The van der Waals surface area contributed by atoms with Crippen LogP contribution in [0.1, 0.15) is 22.8 Å². The largest absolute Gasteiger partial charge is 0.282 e. The molecule has 0 spiro atoms. The van der Waals surface area contributed by atoms with Crippen LogP contribution in [0.3, 0.4) is 0 Å². The van der Waals surface area contributed by atoms with Crippen molar-refractivity contribution in [2.24, 2.45) is 0 Å². The van der Waals surface area contributed by atoms with Crippen molar-refractivity contribution in [1.82, 2.24) is 20.4 Å². The SMILES string of the molecule is ClC(Cl)(Cl)c1cc(CCc2cc(C(Cl)(Cl)Cl)n[nH]2)[nH]n1. The highest BCUT2D eigenvalue weighted by Gasteiger charge is 2.27. The minimum absolute atomic E-state index is 0.351. The van der Waals surface area contributed by atoms with Crippen molar-refractivity contribution in [3.05, 3.63) is 34.9 Å². The van der Waals surface area contributed by atoms with E-state index in [9.17, 15) is 0 Å². The van der Waals surface area contributed by atoms with Crippen molar-refractivity contribution in [2.45, 2.75) is 20.4 Å². The number of halogens is 6. The molecule has 2 N–H and O–H groups in total. The summed E-state index contributed by atoms with van der Waals surface area (Å²) in [6.07, 6.45) is 1.30. The minimum Gasteiger partial charge on any atom is -0.282 e. The highest BCUT2D eigenvalue weighted by molar-refractivity contribution is 6.67. The van der Waals surface area contributed by atoms with Crippen molar-refractivity contribution in [3.63, 3.8) is 0 Å². The maximum atomic E-state index is 5.73. The first kappa shape index (κ1) is 16.5. The summed E-state index contributed by atoms with van der Waals surface area (Å²) in [6, 6.07) is 3.39. The molecule has 0 aromatic carbocycles. The van der Waals surface area contributed by atoms with Crippen molar-refractivity contribution in [1.29, 1.82) is 0 Å². The normalized spacial score (nSPS) is 12.9. The zero-order chi connectivity index (χ0) is 15.0. The van der Waals surface area contributed by atoms with Crippen molar-refractivity contribution < 1.29 is 0 Å². The van der Waals surface area contributed by atoms with E-state index in [1.165, 1.54) is 0 Å². The van der Waals surface area contributed by atoms with E-state index >= 15 is 0 Å². The van der Waals surface area contributed by atoms with Gasteiger partial charge in [0.1, 0.15) is 11.4 Å². The first-order valence-corrected chi connectivity index (χ1v) is 7.66. The van der Waals surface area contributed by atoms with Gasteiger partial charge < -0.3 is 0 Å². The Bertz CT molecular complexity index is 527. The van der Waals surface area contributed by atoms with Gasteiger partial charge in [-0.15, -0.1) is 0 Å². The lowest BCUT2D eigenvalue weighted by atomic mass is 10.2. The summed E-state index contributed by atoms with van der Waals surface area (Å²) < 4.78 is -3.07. The number of hydrogen-bond donors (Lipinski definition) is 2. The molecule has 110 valence electrons. The second-order valence-electron chi connectivity index (χ2n) is 4.05. The van der Waals surface area contributed by atoms with E-state index in [0.29, 0.717) is 24.2 Å². The smallest absolute Gasteiger partial charge is 0.234 e. The van der Waals surface area contributed by atoms with Crippen LogP contribution in [0.2, 0.25) is 0 Å². The van der Waals surface area contributed by atoms with Crippen molar-refractivity contribution >= 4 is 69.6 Å². The second-order valence-corrected chi connectivity index (χ2v) is 8.61. The summed E-state index contributed by atoms with van der Waals surface area (Å²) >= 11 is 34.4. The summed E-state index contributed by atoms with van der Waals surface area (Å²) in [5.74, 6) is 0. The molecule has 0 amide bonds.